The average molecular weight is 306 g/mol. The third-order valence-corrected chi connectivity index (χ3v) is 2.68. The molecule has 1 aliphatic heterocycles. The van der Waals surface area contributed by atoms with Gasteiger partial charge in [-0.2, -0.15) is 0 Å². The van der Waals surface area contributed by atoms with E-state index < -0.39 is 55.2 Å². The lowest BCUT2D eigenvalue weighted by Gasteiger charge is -2.41. The first-order valence-corrected chi connectivity index (χ1v) is 6.22. The van der Waals surface area contributed by atoms with Crippen LogP contribution in [0.15, 0.2) is 0 Å². The van der Waals surface area contributed by atoms with Gasteiger partial charge < -0.3 is 29.2 Å². The first kappa shape index (κ1) is 17.3. The highest BCUT2D eigenvalue weighted by molar-refractivity contribution is 5.68. The number of rotatable bonds is 4. The van der Waals surface area contributed by atoms with Crippen molar-refractivity contribution in [2.75, 3.05) is 6.61 Å². The Hall–Kier alpha value is -1.71. The summed E-state index contributed by atoms with van der Waals surface area (Å²) in [5, 5.41) is 19.2. The molecule has 0 amide bonds. The molecule has 2 N–H and O–H groups in total. The number of carbonyl (C=O) groups excluding carboxylic acids is 3. The molecule has 5 atom stereocenters. The van der Waals surface area contributed by atoms with Crippen LogP contribution in [0.25, 0.3) is 0 Å². The summed E-state index contributed by atoms with van der Waals surface area (Å²) in [5.74, 6) is -2.21. The topological polar surface area (TPSA) is 129 Å². The second kappa shape index (κ2) is 7.34. The van der Waals surface area contributed by atoms with Crippen molar-refractivity contribution in [3.63, 3.8) is 0 Å². The Morgan fingerprint density at radius 2 is 1.43 bits per heavy atom. The van der Waals surface area contributed by atoms with Crippen molar-refractivity contribution in [3.05, 3.63) is 0 Å². The van der Waals surface area contributed by atoms with Gasteiger partial charge in [0, 0.05) is 20.8 Å². The molecule has 1 saturated heterocycles. The number of carbonyl (C=O) groups is 3. The smallest absolute Gasteiger partial charge is 0.305 e. The van der Waals surface area contributed by atoms with Gasteiger partial charge in [0.2, 0.25) is 12.4 Å². The minimum absolute atomic E-state index is 0.608. The van der Waals surface area contributed by atoms with Crippen molar-refractivity contribution in [3.8, 4) is 0 Å². The summed E-state index contributed by atoms with van der Waals surface area (Å²) in [5.41, 5.74) is 0. The Morgan fingerprint density at radius 1 is 0.952 bits per heavy atom. The van der Waals surface area contributed by atoms with Crippen LogP contribution >= 0.6 is 0 Å². The first-order chi connectivity index (χ1) is 9.76. The maximum Gasteiger partial charge on any atom is 0.305 e. The molecular formula is C12H18O9. The van der Waals surface area contributed by atoms with Gasteiger partial charge in [0.05, 0.1) is 6.61 Å². The van der Waals surface area contributed by atoms with Gasteiger partial charge in [-0.3, -0.25) is 14.4 Å². The lowest BCUT2D eigenvalue weighted by atomic mass is 9.98. The van der Waals surface area contributed by atoms with Crippen LogP contribution in [-0.4, -0.2) is 65.4 Å². The molecule has 0 unspecified atom stereocenters. The Bertz CT molecular complexity index is 408. The number of aliphatic hydroxyl groups is 2. The van der Waals surface area contributed by atoms with E-state index in [1.165, 1.54) is 0 Å². The highest BCUT2D eigenvalue weighted by Gasteiger charge is 2.50. The average Bonchev–Trinajstić information content (AvgIpc) is 2.35. The monoisotopic (exact) mass is 306 g/mol. The van der Waals surface area contributed by atoms with E-state index in [1.54, 1.807) is 0 Å². The maximum atomic E-state index is 11.1. The van der Waals surface area contributed by atoms with Gasteiger partial charge in [-0.25, -0.2) is 0 Å². The molecule has 0 aromatic rings. The summed E-state index contributed by atoms with van der Waals surface area (Å²) in [6.07, 6.45) is -6.69. The third-order valence-electron chi connectivity index (χ3n) is 2.68. The fraction of sp³-hybridized carbons (Fsp3) is 0.750. The molecule has 21 heavy (non-hydrogen) atoms. The summed E-state index contributed by atoms with van der Waals surface area (Å²) in [7, 11) is 0. The molecular weight excluding hydrogens is 288 g/mol. The molecule has 0 aromatic carbocycles. The quantitative estimate of drug-likeness (QED) is 0.470. The predicted octanol–water partition coefficient (Wildman–Crippen LogP) is -1.51. The van der Waals surface area contributed by atoms with Crippen molar-refractivity contribution in [2.24, 2.45) is 0 Å². The Labute approximate surface area is 120 Å². The van der Waals surface area contributed by atoms with Crippen molar-refractivity contribution >= 4 is 17.9 Å². The summed E-state index contributed by atoms with van der Waals surface area (Å²) in [6, 6.07) is 0. The van der Waals surface area contributed by atoms with Crippen LogP contribution < -0.4 is 0 Å². The zero-order valence-electron chi connectivity index (χ0n) is 11.8. The molecule has 1 rings (SSSR count). The van der Waals surface area contributed by atoms with E-state index in [2.05, 4.69) is 0 Å². The lowest BCUT2D eigenvalue weighted by molar-refractivity contribution is -0.297. The maximum absolute atomic E-state index is 11.1. The number of esters is 3. The van der Waals surface area contributed by atoms with E-state index in [0.29, 0.717) is 0 Å². The molecule has 120 valence electrons. The molecule has 9 heteroatoms. The van der Waals surface area contributed by atoms with Gasteiger partial charge in [-0.05, 0) is 0 Å². The third kappa shape index (κ3) is 4.66. The minimum atomic E-state index is -1.45. The van der Waals surface area contributed by atoms with Crippen LogP contribution in [0.1, 0.15) is 20.8 Å². The van der Waals surface area contributed by atoms with Gasteiger partial charge in [-0.15, -0.1) is 0 Å². The van der Waals surface area contributed by atoms with Crippen molar-refractivity contribution < 1.29 is 43.5 Å². The zero-order valence-corrected chi connectivity index (χ0v) is 11.8. The highest BCUT2D eigenvalue weighted by atomic mass is 16.7. The van der Waals surface area contributed by atoms with E-state index in [1.807, 2.05) is 0 Å². The first-order valence-electron chi connectivity index (χ1n) is 6.22. The molecule has 0 radical (unpaired) electrons. The van der Waals surface area contributed by atoms with Crippen LogP contribution in [0.2, 0.25) is 0 Å². The predicted molar refractivity (Wildman–Crippen MR) is 64.6 cm³/mol. The molecule has 0 saturated carbocycles. The van der Waals surface area contributed by atoms with Crippen LogP contribution in [-0.2, 0) is 33.3 Å². The number of hydrogen-bond donors (Lipinski definition) is 2. The molecule has 9 nitrogen and oxygen atoms in total. The second-order valence-corrected chi connectivity index (χ2v) is 4.47. The number of hydrogen-bond acceptors (Lipinski definition) is 9. The SMILES string of the molecule is CC(=O)O[C@H]1O[C@H](CO)[C@H](O)[C@H](OC(C)=O)[C@H]1OC(C)=O. The fourth-order valence-corrected chi connectivity index (χ4v) is 1.94. The molecule has 0 bridgehead atoms. The molecule has 0 spiro atoms. The van der Waals surface area contributed by atoms with Crippen LogP contribution in [0.5, 0.6) is 0 Å². The van der Waals surface area contributed by atoms with Crippen LogP contribution in [0, 0.1) is 0 Å². The van der Waals surface area contributed by atoms with Gasteiger partial charge >= 0.3 is 17.9 Å². The zero-order chi connectivity index (χ0) is 16.2. The van der Waals surface area contributed by atoms with Gasteiger partial charge in [0.1, 0.15) is 12.2 Å². The standard InChI is InChI=1S/C12H18O9/c1-5(14)18-10-9(17)8(4-13)21-12(20-7(3)16)11(10)19-6(2)15/h8-13,17H,4H2,1-3H3/t8-,9+,10+,11-,12+/m1/s1. The Balaban J connectivity index is 3.05. The number of aliphatic hydroxyl groups excluding tert-OH is 2. The highest BCUT2D eigenvalue weighted by Crippen LogP contribution is 2.27. The van der Waals surface area contributed by atoms with Crippen LogP contribution in [0.3, 0.4) is 0 Å². The largest absolute Gasteiger partial charge is 0.455 e. The minimum Gasteiger partial charge on any atom is -0.455 e. The normalized spacial score (nSPS) is 32.1. The van der Waals surface area contributed by atoms with E-state index in [0.717, 1.165) is 20.8 Å². The van der Waals surface area contributed by atoms with Crippen molar-refractivity contribution in [1.29, 1.82) is 0 Å². The molecule has 1 heterocycles. The van der Waals surface area contributed by atoms with Crippen LogP contribution in [0.4, 0.5) is 0 Å². The number of ether oxygens (including phenoxy) is 4. The van der Waals surface area contributed by atoms with Gasteiger partial charge in [0.15, 0.2) is 6.10 Å². The molecule has 1 aliphatic rings. The summed E-state index contributed by atoms with van der Waals surface area (Å²) in [4.78, 5) is 33.3. The molecule has 0 aromatic heterocycles. The fourth-order valence-electron chi connectivity index (χ4n) is 1.94. The summed E-state index contributed by atoms with van der Waals surface area (Å²) >= 11 is 0. The summed E-state index contributed by atoms with van der Waals surface area (Å²) in [6.45, 7) is 2.69. The molecule has 0 aliphatic carbocycles. The van der Waals surface area contributed by atoms with E-state index in [-0.39, 0.29) is 0 Å². The van der Waals surface area contributed by atoms with E-state index in [4.69, 9.17) is 24.1 Å². The Kier molecular flexibility index (Phi) is 6.06. The van der Waals surface area contributed by atoms with E-state index in [9.17, 15) is 19.5 Å². The molecule has 1 fully saturated rings. The lowest BCUT2D eigenvalue weighted by Crippen LogP contribution is -2.61. The Morgan fingerprint density at radius 3 is 1.86 bits per heavy atom. The second-order valence-electron chi connectivity index (χ2n) is 4.47. The summed E-state index contributed by atoms with van der Waals surface area (Å²) < 4.78 is 19.9. The van der Waals surface area contributed by atoms with Crippen molar-refractivity contribution in [2.45, 2.75) is 51.5 Å². The van der Waals surface area contributed by atoms with Gasteiger partial charge in [0.25, 0.3) is 0 Å². The van der Waals surface area contributed by atoms with E-state index >= 15 is 0 Å². The van der Waals surface area contributed by atoms with Gasteiger partial charge in [-0.1, -0.05) is 0 Å². The van der Waals surface area contributed by atoms with Crippen molar-refractivity contribution in [1.82, 2.24) is 0 Å².